The maximum atomic E-state index is 12.6. The molecule has 0 bridgehead atoms. The van der Waals surface area contributed by atoms with E-state index in [9.17, 15) is 4.79 Å². The van der Waals surface area contributed by atoms with E-state index in [0.29, 0.717) is 12.1 Å². The number of benzene rings is 2. The van der Waals surface area contributed by atoms with Crippen molar-refractivity contribution in [3.05, 3.63) is 59.4 Å². The summed E-state index contributed by atoms with van der Waals surface area (Å²) in [4.78, 5) is 26.1. The quantitative estimate of drug-likeness (QED) is 0.628. The van der Waals surface area contributed by atoms with Crippen LogP contribution in [-0.2, 0) is 6.54 Å². The van der Waals surface area contributed by atoms with Gasteiger partial charge in [0.15, 0.2) is 0 Å². The topological polar surface area (TPSA) is 61.9 Å². The van der Waals surface area contributed by atoms with Crippen molar-refractivity contribution in [3.63, 3.8) is 0 Å². The molecule has 2 heterocycles. The summed E-state index contributed by atoms with van der Waals surface area (Å²) >= 11 is 1.62. The van der Waals surface area contributed by atoms with E-state index in [1.807, 2.05) is 36.4 Å². The molecule has 0 saturated carbocycles. The second-order valence-corrected chi connectivity index (χ2v) is 6.49. The zero-order valence-corrected chi connectivity index (χ0v) is 13.3. The van der Waals surface area contributed by atoms with Crippen LogP contribution in [0.1, 0.15) is 15.4 Å². The van der Waals surface area contributed by atoms with E-state index in [2.05, 4.69) is 15.0 Å². The van der Waals surface area contributed by atoms with Crippen LogP contribution in [0.3, 0.4) is 0 Å². The van der Waals surface area contributed by atoms with Gasteiger partial charge in [-0.05, 0) is 30.3 Å². The number of amides is 1. The van der Waals surface area contributed by atoms with Crippen LogP contribution in [0.2, 0.25) is 0 Å². The molecule has 4 aromatic rings. The number of imidazole rings is 1. The highest BCUT2D eigenvalue weighted by molar-refractivity contribution is 7.18. The number of hydrogen-bond acceptors (Lipinski definition) is 4. The fraction of sp³-hybridized carbons (Fsp3) is 0.118. The molecule has 1 amide bonds. The number of aromatic nitrogens is 3. The summed E-state index contributed by atoms with van der Waals surface area (Å²) in [6.45, 7) is 0.499. The molecule has 0 aliphatic heterocycles. The van der Waals surface area contributed by atoms with Crippen LogP contribution in [0, 0.1) is 0 Å². The Hall–Kier alpha value is -2.73. The maximum absolute atomic E-state index is 12.6. The number of nitrogens with zero attached hydrogens (tertiary/aromatic N) is 3. The van der Waals surface area contributed by atoms with Crippen molar-refractivity contribution < 1.29 is 4.79 Å². The summed E-state index contributed by atoms with van der Waals surface area (Å²) < 4.78 is 1.14. The number of hydrogen-bond donors (Lipinski definition) is 1. The lowest BCUT2D eigenvalue weighted by Crippen LogP contribution is -2.26. The minimum absolute atomic E-state index is 0.0271. The predicted octanol–water partition coefficient (Wildman–Crippen LogP) is 3.44. The summed E-state index contributed by atoms with van der Waals surface area (Å²) in [7, 11) is 1.80. The number of fused-ring (bicyclic) bond motifs is 2. The molecule has 2 aromatic heterocycles. The van der Waals surface area contributed by atoms with Crippen molar-refractivity contribution in [2.75, 3.05) is 7.05 Å². The van der Waals surface area contributed by atoms with Gasteiger partial charge in [0, 0.05) is 12.6 Å². The van der Waals surface area contributed by atoms with E-state index >= 15 is 0 Å². The van der Waals surface area contributed by atoms with E-state index in [1.165, 1.54) is 0 Å². The van der Waals surface area contributed by atoms with Crippen molar-refractivity contribution in [1.29, 1.82) is 0 Å². The molecule has 0 aliphatic carbocycles. The van der Waals surface area contributed by atoms with Crippen molar-refractivity contribution in [3.8, 4) is 0 Å². The number of thiazole rings is 1. The predicted molar refractivity (Wildman–Crippen MR) is 91.5 cm³/mol. The Labute approximate surface area is 136 Å². The largest absolute Gasteiger partial charge is 0.345 e. The molecule has 6 heteroatoms. The number of carbonyl (C=O) groups is 1. The van der Waals surface area contributed by atoms with Crippen LogP contribution < -0.4 is 0 Å². The van der Waals surface area contributed by atoms with Crippen LogP contribution in [0.15, 0.2) is 48.8 Å². The minimum Gasteiger partial charge on any atom is -0.345 e. The molecule has 0 fully saturated rings. The molecule has 4 rings (SSSR count). The first-order valence-electron chi connectivity index (χ1n) is 7.24. The molecule has 0 spiro atoms. The molecule has 0 atom stereocenters. The number of nitrogens with one attached hydrogen (secondary N) is 1. The van der Waals surface area contributed by atoms with Gasteiger partial charge in [-0.3, -0.25) is 4.79 Å². The normalized spacial score (nSPS) is 11.2. The molecule has 114 valence electrons. The minimum atomic E-state index is -0.0271. The SMILES string of the molecule is CN(Cc1nc2ccccc2s1)C(=O)c1ccc2nc[nH]c2c1. The van der Waals surface area contributed by atoms with Gasteiger partial charge in [0.2, 0.25) is 0 Å². The highest BCUT2D eigenvalue weighted by atomic mass is 32.1. The zero-order chi connectivity index (χ0) is 15.8. The van der Waals surface area contributed by atoms with Crippen LogP contribution in [0.25, 0.3) is 21.3 Å². The summed E-state index contributed by atoms with van der Waals surface area (Å²) in [5, 5.41) is 0.935. The lowest BCUT2D eigenvalue weighted by Gasteiger charge is -2.15. The van der Waals surface area contributed by atoms with Gasteiger partial charge >= 0.3 is 0 Å². The number of aromatic amines is 1. The summed E-state index contributed by atoms with van der Waals surface area (Å²) in [5.74, 6) is -0.0271. The van der Waals surface area contributed by atoms with Gasteiger partial charge < -0.3 is 9.88 Å². The maximum Gasteiger partial charge on any atom is 0.254 e. The number of rotatable bonds is 3. The van der Waals surface area contributed by atoms with E-state index in [4.69, 9.17) is 0 Å². The van der Waals surface area contributed by atoms with E-state index < -0.39 is 0 Å². The fourth-order valence-corrected chi connectivity index (χ4v) is 3.57. The second kappa shape index (κ2) is 5.48. The van der Waals surface area contributed by atoms with Crippen molar-refractivity contribution in [2.45, 2.75) is 6.54 Å². The first-order valence-corrected chi connectivity index (χ1v) is 8.05. The third-order valence-electron chi connectivity index (χ3n) is 3.72. The summed E-state index contributed by atoms with van der Waals surface area (Å²) in [6.07, 6.45) is 1.63. The molecular formula is C17H14N4OS. The summed E-state index contributed by atoms with van der Waals surface area (Å²) in [6, 6.07) is 13.5. The van der Waals surface area contributed by atoms with Crippen molar-refractivity contribution in [2.24, 2.45) is 0 Å². The third kappa shape index (κ3) is 2.57. The molecule has 23 heavy (non-hydrogen) atoms. The lowest BCUT2D eigenvalue weighted by molar-refractivity contribution is 0.0785. The van der Waals surface area contributed by atoms with Crippen LogP contribution in [0.5, 0.6) is 0 Å². The molecule has 0 unspecified atom stereocenters. The summed E-state index contributed by atoms with van der Waals surface area (Å²) in [5.41, 5.74) is 3.34. The molecular weight excluding hydrogens is 308 g/mol. The Morgan fingerprint density at radius 3 is 2.96 bits per heavy atom. The molecule has 0 radical (unpaired) electrons. The van der Waals surface area contributed by atoms with E-state index in [1.54, 1.807) is 35.7 Å². The highest BCUT2D eigenvalue weighted by Crippen LogP contribution is 2.23. The van der Waals surface area contributed by atoms with Gasteiger partial charge in [0.1, 0.15) is 5.01 Å². The molecule has 5 nitrogen and oxygen atoms in total. The van der Waals surface area contributed by atoms with Gasteiger partial charge in [-0.25, -0.2) is 9.97 Å². The zero-order valence-electron chi connectivity index (χ0n) is 12.5. The molecule has 1 N–H and O–H groups in total. The van der Waals surface area contributed by atoms with Gasteiger partial charge in [-0.2, -0.15) is 0 Å². The standard InChI is InChI=1S/C17H14N4OS/c1-21(9-16-20-13-4-2-3-5-15(13)23-16)17(22)11-6-7-12-14(8-11)19-10-18-12/h2-8,10H,9H2,1H3,(H,18,19). The Kier molecular flexibility index (Phi) is 3.31. The highest BCUT2D eigenvalue weighted by Gasteiger charge is 2.15. The average molecular weight is 322 g/mol. The van der Waals surface area contributed by atoms with Crippen molar-refractivity contribution >= 4 is 38.5 Å². The number of para-hydroxylation sites is 1. The molecule has 0 saturated heterocycles. The van der Waals surface area contributed by atoms with Gasteiger partial charge in [-0.15, -0.1) is 11.3 Å². The Bertz CT molecular complexity index is 971. The van der Waals surface area contributed by atoms with Gasteiger partial charge in [0.25, 0.3) is 5.91 Å². The van der Waals surface area contributed by atoms with Crippen molar-refractivity contribution in [1.82, 2.24) is 19.9 Å². The molecule has 0 aliphatic rings. The number of H-pyrrole nitrogens is 1. The smallest absolute Gasteiger partial charge is 0.254 e. The Morgan fingerprint density at radius 2 is 2.09 bits per heavy atom. The van der Waals surface area contributed by atoms with Gasteiger partial charge in [0.05, 0.1) is 34.1 Å². The number of carbonyl (C=O) groups excluding carboxylic acids is 1. The average Bonchev–Trinajstić information content (AvgIpc) is 3.18. The van der Waals surface area contributed by atoms with E-state index in [0.717, 1.165) is 26.3 Å². The molecule has 2 aromatic carbocycles. The van der Waals surface area contributed by atoms with Crippen LogP contribution >= 0.6 is 11.3 Å². The Balaban J connectivity index is 1.57. The third-order valence-corrected chi connectivity index (χ3v) is 4.75. The van der Waals surface area contributed by atoms with Gasteiger partial charge in [-0.1, -0.05) is 12.1 Å². The fourth-order valence-electron chi connectivity index (χ4n) is 2.55. The second-order valence-electron chi connectivity index (χ2n) is 5.37. The van der Waals surface area contributed by atoms with Crippen LogP contribution in [0.4, 0.5) is 0 Å². The first-order chi connectivity index (χ1) is 11.2. The van der Waals surface area contributed by atoms with E-state index in [-0.39, 0.29) is 5.91 Å². The lowest BCUT2D eigenvalue weighted by atomic mass is 10.2. The van der Waals surface area contributed by atoms with Crippen LogP contribution in [-0.4, -0.2) is 32.8 Å². The monoisotopic (exact) mass is 322 g/mol. The Morgan fingerprint density at radius 1 is 1.22 bits per heavy atom. The first kappa shape index (κ1) is 13.9.